The quantitative estimate of drug-likeness (QED) is 0.457. The second-order valence-electron chi connectivity index (χ2n) is 6.85. The van der Waals surface area contributed by atoms with Gasteiger partial charge in [-0.3, -0.25) is 9.63 Å². The first-order chi connectivity index (χ1) is 14.5. The van der Waals surface area contributed by atoms with E-state index in [-0.39, 0.29) is 11.7 Å². The van der Waals surface area contributed by atoms with E-state index in [4.69, 9.17) is 9.82 Å². The van der Waals surface area contributed by atoms with Crippen molar-refractivity contribution in [1.29, 1.82) is 0 Å². The zero-order chi connectivity index (χ0) is 21.3. The van der Waals surface area contributed by atoms with Gasteiger partial charge >= 0.3 is 0 Å². The lowest BCUT2D eigenvalue weighted by molar-refractivity contribution is -0.0756. The topological polar surface area (TPSA) is 65.2 Å². The van der Waals surface area contributed by atoms with Gasteiger partial charge in [0.05, 0.1) is 24.7 Å². The minimum Gasteiger partial charge on any atom is -0.327 e. The Labute approximate surface area is 173 Å². The van der Waals surface area contributed by atoms with E-state index >= 15 is 0 Å². The lowest BCUT2D eigenvalue weighted by atomic mass is 10.2. The molecule has 2 aromatic carbocycles. The van der Waals surface area contributed by atoms with Gasteiger partial charge in [-0.15, -0.1) is 0 Å². The molecule has 30 heavy (non-hydrogen) atoms. The molecule has 0 aliphatic heterocycles. The molecule has 0 spiro atoms. The fourth-order valence-electron chi connectivity index (χ4n) is 3.53. The van der Waals surface area contributed by atoms with Gasteiger partial charge in [0.15, 0.2) is 0 Å². The van der Waals surface area contributed by atoms with Gasteiger partial charge in [0.2, 0.25) is 0 Å². The predicted molar refractivity (Wildman–Crippen MR) is 111 cm³/mol. The monoisotopic (exact) mass is 407 g/mol. The van der Waals surface area contributed by atoms with Crippen LogP contribution in [0.5, 0.6) is 0 Å². The zero-order valence-electron chi connectivity index (χ0n) is 17.0. The highest BCUT2D eigenvalue weighted by molar-refractivity contribution is 5.96. The summed E-state index contributed by atoms with van der Waals surface area (Å²) in [6.45, 7) is 3.24. The number of aryl methyl sites for hydroxylation is 1. The van der Waals surface area contributed by atoms with Gasteiger partial charge in [0, 0.05) is 37.1 Å². The molecule has 154 valence electrons. The molecule has 0 saturated heterocycles. The van der Waals surface area contributed by atoms with Crippen molar-refractivity contribution in [2.45, 2.75) is 20.0 Å². The number of carbonyl (C=O) groups excluding carboxylic acids is 1. The van der Waals surface area contributed by atoms with Crippen LogP contribution in [-0.4, -0.2) is 44.2 Å². The van der Waals surface area contributed by atoms with Crippen LogP contribution in [0.3, 0.4) is 0 Å². The summed E-state index contributed by atoms with van der Waals surface area (Å²) < 4.78 is 17.7. The molecule has 0 aliphatic rings. The number of carbonyl (C=O) groups is 1. The Balaban J connectivity index is 1.72. The summed E-state index contributed by atoms with van der Waals surface area (Å²) in [7, 11) is 3.01. The number of hydrogen-bond donors (Lipinski definition) is 0. The number of hydroxylamine groups is 2. The highest BCUT2D eigenvalue weighted by Gasteiger charge is 2.17. The molecular weight excluding hydrogens is 385 g/mol. The van der Waals surface area contributed by atoms with E-state index in [1.165, 1.54) is 24.3 Å². The van der Waals surface area contributed by atoms with Crippen LogP contribution in [-0.2, 0) is 17.9 Å². The van der Waals surface area contributed by atoms with Crippen LogP contribution in [0.1, 0.15) is 23.1 Å². The molecule has 0 N–H and O–H groups in total. The number of fused-ring (bicyclic) bond motifs is 1. The Morgan fingerprint density at radius 1 is 1.23 bits per heavy atom. The number of halogens is 1. The molecule has 8 heteroatoms. The van der Waals surface area contributed by atoms with Crippen LogP contribution in [0.4, 0.5) is 4.39 Å². The van der Waals surface area contributed by atoms with Crippen LogP contribution < -0.4 is 0 Å². The predicted octanol–water partition coefficient (Wildman–Crippen LogP) is 3.74. The van der Waals surface area contributed by atoms with E-state index < -0.39 is 0 Å². The van der Waals surface area contributed by atoms with Gasteiger partial charge in [-0.25, -0.2) is 19.4 Å². The highest BCUT2D eigenvalue weighted by Crippen LogP contribution is 2.23. The van der Waals surface area contributed by atoms with Crippen molar-refractivity contribution in [3.05, 3.63) is 72.1 Å². The third-order valence-corrected chi connectivity index (χ3v) is 5.06. The fraction of sp³-hybridized carbons (Fsp3) is 0.227. The van der Waals surface area contributed by atoms with Crippen LogP contribution in [0.2, 0.25) is 0 Å². The second-order valence-corrected chi connectivity index (χ2v) is 6.85. The molecule has 4 rings (SSSR count). The molecule has 0 aliphatic carbocycles. The number of imidazole rings is 2. The summed E-state index contributed by atoms with van der Waals surface area (Å²) in [4.78, 5) is 26.5. The van der Waals surface area contributed by atoms with Crippen molar-refractivity contribution in [3.8, 4) is 11.4 Å². The van der Waals surface area contributed by atoms with Crippen molar-refractivity contribution in [2.75, 3.05) is 14.2 Å². The van der Waals surface area contributed by atoms with Gasteiger partial charge in [0.25, 0.3) is 5.91 Å². The minimum atomic E-state index is -0.305. The molecule has 4 aromatic rings. The average Bonchev–Trinajstić information content (AvgIpc) is 3.36. The molecule has 0 bridgehead atoms. The SMILES string of the molecule is CCn1c(Cn2ccnc2-c2cccc(F)c2)nc2cc(C(=O)N(C)OC)ccc21. The van der Waals surface area contributed by atoms with Crippen molar-refractivity contribution < 1.29 is 14.0 Å². The van der Waals surface area contributed by atoms with Crippen LogP contribution in [0, 0.1) is 5.82 Å². The zero-order valence-corrected chi connectivity index (χ0v) is 17.0. The van der Waals surface area contributed by atoms with Gasteiger partial charge < -0.3 is 9.13 Å². The van der Waals surface area contributed by atoms with Crippen LogP contribution >= 0.6 is 0 Å². The molecule has 7 nitrogen and oxygen atoms in total. The van der Waals surface area contributed by atoms with E-state index in [9.17, 15) is 9.18 Å². The molecule has 1 amide bonds. The third kappa shape index (κ3) is 3.57. The summed E-state index contributed by atoms with van der Waals surface area (Å²) >= 11 is 0. The number of rotatable bonds is 6. The lowest BCUT2D eigenvalue weighted by Gasteiger charge is -2.13. The largest absolute Gasteiger partial charge is 0.327 e. The number of hydrogen-bond acceptors (Lipinski definition) is 4. The van der Waals surface area contributed by atoms with E-state index in [1.807, 2.05) is 29.8 Å². The Bertz CT molecular complexity index is 1210. The molecule has 2 heterocycles. The first-order valence-electron chi connectivity index (χ1n) is 9.60. The molecular formula is C22H22FN5O2. The first-order valence-corrected chi connectivity index (χ1v) is 9.60. The summed E-state index contributed by atoms with van der Waals surface area (Å²) in [6, 6.07) is 11.8. The normalized spacial score (nSPS) is 11.2. The first kappa shape index (κ1) is 19.8. The minimum absolute atomic E-state index is 0.241. The number of nitrogens with zero attached hydrogens (tertiary/aromatic N) is 5. The van der Waals surface area contributed by atoms with Gasteiger partial charge in [0.1, 0.15) is 17.5 Å². The van der Waals surface area contributed by atoms with E-state index in [0.29, 0.717) is 23.5 Å². The van der Waals surface area contributed by atoms with E-state index in [2.05, 4.69) is 9.55 Å². The summed E-state index contributed by atoms with van der Waals surface area (Å²) in [6.07, 6.45) is 3.54. The Morgan fingerprint density at radius 2 is 2.07 bits per heavy atom. The standard InChI is InChI=1S/C22H22FN5O2/c1-4-28-19-9-8-16(22(29)26(2)30-3)13-18(19)25-20(28)14-27-11-10-24-21(27)15-6-5-7-17(23)12-15/h5-13H,4,14H2,1-3H3. The van der Waals surface area contributed by atoms with Crippen LogP contribution in [0.25, 0.3) is 22.4 Å². The number of aromatic nitrogens is 4. The molecule has 2 aromatic heterocycles. The van der Waals surface area contributed by atoms with E-state index in [0.717, 1.165) is 23.4 Å². The van der Waals surface area contributed by atoms with E-state index in [1.54, 1.807) is 31.4 Å². The molecule has 0 saturated carbocycles. The fourth-order valence-corrected chi connectivity index (χ4v) is 3.53. The van der Waals surface area contributed by atoms with Gasteiger partial charge in [-0.2, -0.15) is 0 Å². The Morgan fingerprint density at radius 3 is 2.80 bits per heavy atom. The third-order valence-electron chi connectivity index (χ3n) is 5.06. The Hall–Kier alpha value is -3.52. The van der Waals surface area contributed by atoms with Crippen molar-refractivity contribution in [1.82, 2.24) is 24.2 Å². The smallest absolute Gasteiger partial charge is 0.277 e. The summed E-state index contributed by atoms with van der Waals surface area (Å²) in [5.41, 5.74) is 2.88. The molecule has 0 fully saturated rings. The average molecular weight is 407 g/mol. The van der Waals surface area contributed by atoms with Crippen LogP contribution in [0.15, 0.2) is 54.9 Å². The van der Waals surface area contributed by atoms with Crippen molar-refractivity contribution >= 4 is 16.9 Å². The maximum absolute atomic E-state index is 13.7. The lowest BCUT2D eigenvalue weighted by Crippen LogP contribution is -2.25. The Kier molecular flexibility index (Phi) is 5.33. The molecule has 0 unspecified atom stereocenters. The van der Waals surface area contributed by atoms with Gasteiger partial charge in [-0.1, -0.05) is 12.1 Å². The highest BCUT2D eigenvalue weighted by atomic mass is 19.1. The summed E-state index contributed by atoms with van der Waals surface area (Å²) in [5.74, 6) is 0.950. The van der Waals surface area contributed by atoms with Crippen molar-refractivity contribution in [3.63, 3.8) is 0 Å². The molecule has 0 radical (unpaired) electrons. The molecule has 0 atom stereocenters. The number of benzene rings is 2. The maximum atomic E-state index is 13.7. The second kappa shape index (κ2) is 8.08. The number of amides is 1. The van der Waals surface area contributed by atoms with Crippen molar-refractivity contribution in [2.24, 2.45) is 0 Å². The maximum Gasteiger partial charge on any atom is 0.277 e. The summed E-state index contributed by atoms with van der Waals surface area (Å²) in [5, 5.41) is 1.18. The van der Waals surface area contributed by atoms with Gasteiger partial charge in [-0.05, 0) is 37.3 Å².